The number of carboxylic acids is 1. The van der Waals surface area contributed by atoms with E-state index in [-0.39, 0.29) is 22.2 Å². The van der Waals surface area contributed by atoms with Gasteiger partial charge in [0.15, 0.2) is 23.6 Å². The fraction of sp³-hybridized carbons (Fsp3) is 0.238. The first kappa shape index (κ1) is 23.3. The number of fused-ring (bicyclic) bond motifs is 2. The second-order valence-corrected chi connectivity index (χ2v) is 10.6. The Labute approximate surface area is 210 Å². The number of hydrogen-bond donors (Lipinski definition) is 3. The number of hydrogen-bond acceptors (Lipinski definition) is 10. The predicted octanol–water partition coefficient (Wildman–Crippen LogP) is 1.02. The molecule has 0 saturated carbocycles. The average Bonchev–Trinajstić information content (AvgIpc) is 3.49. The second-order valence-electron chi connectivity index (χ2n) is 7.62. The molecule has 2 aliphatic heterocycles. The maximum atomic E-state index is 13.0. The first-order valence-corrected chi connectivity index (χ1v) is 13.1. The van der Waals surface area contributed by atoms with Gasteiger partial charge in [0.05, 0.1) is 4.70 Å². The van der Waals surface area contributed by atoms with Crippen molar-refractivity contribution >= 4 is 73.3 Å². The van der Waals surface area contributed by atoms with Crippen LogP contribution in [-0.2, 0) is 25.8 Å². The highest BCUT2D eigenvalue weighted by atomic mass is 32.2. The van der Waals surface area contributed by atoms with Gasteiger partial charge in [-0.3, -0.25) is 14.5 Å². The number of anilines is 1. The van der Waals surface area contributed by atoms with Crippen LogP contribution in [0.2, 0.25) is 0 Å². The summed E-state index contributed by atoms with van der Waals surface area (Å²) >= 11 is 4.14. The number of carbonyl (C=O) groups is 3. The zero-order valence-electron chi connectivity index (χ0n) is 18.2. The number of nitrogens with one attached hydrogen (secondary N) is 1. The molecule has 2 aliphatic rings. The standard InChI is InChI=1S/C21H18N6O5S3/c1-32-25-14(11-9-35-21(22)23-11)17(28)24-15-18(29)27-16(20(30)31)10(8-34-19(15)27)7-26-5-2-3-13-12(26)4-6-33-13/h2-6,9,15,19H,7-8H2,1H3,(H3-,22,23,24,28,30,31)/p+1/t15?,19-/m1/s1. The SMILES string of the molecule is CON=C(C(=O)NC1C(=O)N2C(C(=O)O)=C(C[n+]3cccc4sccc43)CS[C@H]12)c1csc(N)n1. The number of carboxylic acid groups (broad SMARTS) is 1. The van der Waals surface area contributed by atoms with E-state index >= 15 is 0 Å². The number of thioether (sulfide) groups is 1. The van der Waals surface area contributed by atoms with Gasteiger partial charge in [0, 0.05) is 28.8 Å². The maximum Gasteiger partial charge on any atom is 0.352 e. The lowest BCUT2D eigenvalue weighted by atomic mass is 10.0. The van der Waals surface area contributed by atoms with Gasteiger partial charge in [0.1, 0.15) is 29.9 Å². The van der Waals surface area contributed by atoms with Gasteiger partial charge >= 0.3 is 5.97 Å². The van der Waals surface area contributed by atoms with Crippen LogP contribution in [0.3, 0.4) is 0 Å². The Kier molecular flexibility index (Phi) is 6.17. The van der Waals surface area contributed by atoms with Gasteiger partial charge in [-0.15, -0.1) is 34.4 Å². The molecule has 0 bridgehead atoms. The highest BCUT2D eigenvalue weighted by Crippen LogP contribution is 2.40. The number of aromatic nitrogens is 2. The molecule has 1 unspecified atom stereocenters. The summed E-state index contributed by atoms with van der Waals surface area (Å²) in [7, 11) is 1.29. The average molecular weight is 532 g/mol. The number of β-lactam (4-membered cyclic amide) rings is 1. The zero-order chi connectivity index (χ0) is 24.7. The summed E-state index contributed by atoms with van der Waals surface area (Å²) in [5, 5.41) is 19.6. The van der Waals surface area contributed by atoms with Crippen molar-refractivity contribution in [2.45, 2.75) is 18.0 Å². The van der Waals surface area contributed by atoms with Crippen LogP contribution in [0.15, 0.2) is 51.6 Å². The van der Waals surface area contributed by atoms with Crippen LogP contribution in [-0.4, -0.2) is 62.8 Å². The largest absolute Gasteiger partial charge is 0.477 e. The first-order valence-electron chi connectivity index (χ1n) is 10.3. The van der Waals surface area contributed by atoms with E-state index < -0.39 is 29.2 Å². The van der Waals surface area contributed by atoms with E-state index in [1.165, 1.54) is 23.8 Å². The number of rotatable bonds is 7. The number of carbonyl (C=O) groups excluding carboxylic acids is 2. The molecule has 5 heterocycles. The number of pyridine rings is 1. The fourth-order valence-corrected chi connectivity index (χ4v) is 6.73. The minimum absolute atomic E-state index is 0.0398. The quantitative estimate of drug-likeness (QED) is 0.177. The molecule has 5 rings (SSSR count). The molecule has 11 nitrogen and oxygen atoms in total. The Balaban J connectivity index is 1.38. The van der Waals surface area contributed by atoms with Gasteiger partial charge in [-0.1, -0.05) is 5.16 Å². The van der Waals surface area contributed by atoms with Crippen LogP contribution in [0.25, 0.3) is 10.2 Å². The molecule has 0 radical (unpaired) electrons. The van der Waals surface area contributed by atoms with Crippen LogP contribution in [0.5, 0.6) is 0 Å². The molecular weight excluding hydrogens is 512 g/mol. The summed E-state index contributed by atoms with van der Waals surface area (Å²) < 4.78 is 3.06. The molecule has 1 saturated heterocycles. The van der Waals surface area contributed by atoms with Gasteiger partial charge in [0.2, 0.25) is 5.52 Å². The lowest BCUT2D eigenvalue weighted by molar-refractivity contribution is -0.663. The molecule has 4 N–H and O–H groups in total. The third-order valence-corrected chi connectivity index (χ3v) is 8.44. The molecule has 3 aromatic heterocycles. The smallest absolute Gasteiger partial charge is 0.352 e. The van der Waals surface area contributed by atoms with E-state index in [1.54, 1.807) is 16.7 Å². The van der Waals surface area contributed by atoms with Gasteiger partial charge in [-0.05, 0) is 11.4 Å². The van der Waals surface area contributed by atoms with Crippen molar-refractivity contribution in [1.29, 1.82) is 0 Å². The summed E-state index contributed by atoms with van der Waals surface area (Å²) in [6.45, 7) is 0.339. The van der Waals surface area contributed by atoms with Crippen molar-refractivity contribution in [2.24, 2.45) is 5.16 Å². The van der Waals surface area contributed by atoms with Crippen molar-refractivity contribution in [3.05, 3.63) is 52.1 Å². The van der Waals surface area contributed by atoms with Crippen LogP contribution in [0.1, 0.15) is 5.69 Å². The van der Waals surface area contributed by atoms with Crippen molar-refractivity contribution in [3.8, 4) is 0 Å². The van der Waals surface area contributed by atoms with Crippen LogP contribution in [0.4, 0.5) is 5.13 Å². The van der Waals surface area contributed by atoms with E-state index in [0.717, 1.165) is 21.6 Å². The lowest BCUT2D eigenvalue weighted by Gasteiger charge is -2.49. The molecule has 3 aromatic rings. The van der Waals surface area contributed by atoms with Gasteiger partial charge < -0.3 is 21.0 Å². The Morgan fingerprint density at radius 2 is 2.23 bits per heavy atom. The number of oxime groups is 1. The maximum absolute atomic E-state index is 13.0. The van der Waals surface area contributed by atoms with Crippen LogP contribution >= 0.6 is 34.4 Å². The summed E-state index contributed by atoms with van der Waals surface area (Å²) in [5.41, 5.74) is 7.33. The zero-order valence-corrected chi connectivity index (χ0v) is 20.7. The van der Waals surface area contributed by atoms with E-state index in [2.05, 4.69) is 15.5 Å². The van der Waals surface area contributed by atoms with E-state index in [9.17, 15) is 19.5 Å². The monoisotopic (exact) mass is 531 g/mol. The van der Waals surface area contributed by atoms with Gasteiger partial charge in [-0.2, -0.15) is 4.57 Å². The minimum atomic E-state index is -1.18. The molecule has 2 atom stereocenters. The lowest BCUT2D eigenvalue weighted by Crippen LogP contribution is -2.71. The number of aliphatic carboxylic acids is 1. The topological polar surface area (TPSA) is 151 Å². The molecule has 0 aliphatic carbocycles. The molecular formula is C21H19N6O5S3+. The van der Waals surface area contributed by atoms with Crippen molar-refractivity contribution in [2.75, 3.05) is 18.6 Å². The summed E-state index contributed by atoms with van der Waals surface area (Å²) in [6.07, 6.45) is 1.89. The Bertz CT molecular complexity index is 1410. The number of thiophene rings is 1. The normalized spacial score (nSPS) is 20.0. The first-order chi connectivity index (χ1) is 16.9. The van der Waals surface area contributed by atoms with Crippen LogP contribution < -0.4 is 15.6 Å². The molecule has 14 heteroatoms. The minimum Gasteiger partial charge on any atom is -0.477 e. The van der Waals surface area contributed by atoms with Crippen molar-refractivity contribution in [1.82, 2.24) is 15.2 Å². The van der Waals surface area contributed by atoms with Gasteiger partial charge in [0.25, 0.3) is 11.8 Å². The summed E-state index contributed by atoms with van der Waals surface area (Å²) in [4.78, 5) is 48.2. The molecule has 1 fully saturated rings. The number of nitrogens with two attached hydrogens (primary N) is 1. The highest BCUT2D eigenvalue weighted by molar-refractivity contribution is 8.00. The second kappa shape index (κ2) is 9.28. The molecule has 0 spiro atoms. The number of amides is 2. The fourth-order valence-electron chi connectivity index (χ4n) is 4.04. The van der Waals surface area contributed by atoms with E-state index in [1.807, 2.05) is 34.3 Å². The molecule has 0 aromatic carbocycles. The number of thiazole rings is 1. The van der Waals surface area contributed by atoms with Gasteiger partial charge in [-0.25, -0.2) is 9.78 Å². The van der Waals surface area contributed by atoms with Crippen LogP contribution in [0, 0.1) is 0 Å². The molecule has 2 amide bonds. The molecule has 35 heavy (non-hydrogen) atoms. The number of nitrogens with zero attached hydrogens (tertiary/aromatic N) is 4. The third-order valence-electron chi connectivity index (χ3n) is 5.56. The van der Waals surface area contributed by atoms with Crippen molar-refractivity contribution in [3.63, 3.8) is 0 Å². The van der Waals surface area contributed by atoms with E-state index in [0.29, 0.717) is 17.9 Å². The summed E-state index contributed by atoms with van der Waals surface area (Å²) in [5.74, 6) is -1.95. The van der Waals surface area contributed by atoms with E-state index in [4.69, 9.17) is 10.6 Å². The third kappa shape index (κ3) is 4.13. The Hall–Kier alpha value is -3.49. The highest BCUT2D eigenvalue weighted by Gasteiger charge is 2.54. The summed E-state index contributed by atoms with van der Waals surface area (Å²) in [6, 6.07) is 4.99. The number of nitrogen functional groups attached to an aromatic ring is 1. The molecule has 180 valence electrons. The Morgan fingerprint density at radius 1 is 1.40 bits per heavy atom. The van der Waals surface area contributed by atoms with Crippen molar-refractivity contribution < 1.29 is 28.9 Å². The Morgan fingerprint density at radius 3 is 2.94 bits per heavy atom. The predicted molar refractivity (Wildman–Crippen MR) is 132 cm³/mol.